The van der Waals surface area contributed by atoms with E-state index in [4.69, 9.17) is 4.74 Å². The summed E-state index contributed by atoms with van der Waals surface area (Å²) in [5.41, 5.74) is 3.87. The highest BCUT2D eigenvalue weighted by Crippen LogP contribution is 2.31. The Morgan fingerprint density at radius 3 is 2.52 bits per heavy atom. The van der Waals surface area contributed by atoms with Gasteiger partial charge in [0.25, 0.3) is 5.91 Å². The molecule has 1 aromatic heterocycles. The van der Waals surface area contributed by atoms with Crippen LogP contribution in [-0.4, -0.2) is 17.0 Å². The number of carbonyl (C=O) groups is 1. The molecule has 1 atom stereocenters. The molecule has 0 aliphatic heterocycles. The molecule has 6 heteroatoms. The van der Waals surface area contributed by atoms with Gasteiger partial charge < -0.3 is 10.1 Å². The van der Waals surface area contributed by atoms with Gasteiger partial charge in [0.15, 0.2) is 6.10 Å². The minimum absolute atomic E-state index is 0.280. The Hall–Kier alpha value is -3.25. The summed E-state index contributed by atoms with van der Waals surface area (Å²) in [6, 6.07) is 19.3. The van der Waals surface area contributed by atoms with E-state index in [9.17, 15) is 9.18 Å². The molecule has 1 amide bonds. The fourth-order valence-electron chi connectivity index (χ4n) is 2.87. The molecule has 0 saturated heterocycles. The number of ether oxygens (including phenoxy) is 1. The maximum absolute atomic E-state index is 13.0. The van der Waals surface area contributed by atoms with Crippen molar-refractivity contribution < 1.29 is 13.9 Å². The highest BCUT2D eigenvalue weighted by molar-refractivity contribution is 7.21. The molecule has 146 valence electrons. The molecule has 0 spiro atoms. The lowest BCUT2D eigenvalue weighted by molar-refractivity contribution is -0.122. The normalized spacial score (nSPS) is 12.0. The van der Waals surface area contributed by atoms with E-state index < -0.39 is 6.10 Å². The van der Waals surface area contributed by atoms with Gasteiger partial charge in [-0.25, -0.2) is 9.37 Å². The number of thiazole rings is 1. The van der Waals surface area contributed by atoms with Crippen LogP contribution in [0.3, 0.4) is 0 Å². The van der Waals surface area contributed by atoms with Gasteiger partial charge >= 0.3 is 0 Å². The fraction of sp³-hybridized carbons (Fsp3) is 0.130. The molecule has 0 aliphatic rings. The predicted octanol–water partition coefficient (Wildman–Crippen LogP) is 5.82. The van der Waals surface area contributed by atoms with Gasteiger partial charge in [-0.3, -0.25) is 4.79 Å². The van der Waals surface area contributed by atoms with Crippen molar-refractivity contribution in [2.45, 2.75) is 20.0 Å². The number of nitrogens with zero attached hydrogens (tertiary/aromatic N) is 1. The first-order chi connectivity index (χ1) is 14.0. The maximum Gasteiger partial charge on any atom is 0.265 e. The van der Waals surface area contributed by atoms with Crippen molar-refractivity contribution >= 4 is 33.1 Å². The van der Waals surface area contributed by atoms with E-state index in [0.717, 1.165) is 20.8 Å². The van der Waals surface area contributed by atoms with E-state index in [1.54, 1.807) is 18.3 Å². The summed E-state index contributed by atoms with van der Waals surface area (Å²) < 4.78 is 19.7. The summed E-state index contributed by atoms with van der Waals surface area (Å²) >= 11 is 1.65. The Morgan fingerprint density at radius 2 is 1.79 bits per heavy atom. The molecule has 0 fully saturated rings. The summed E-state index contributed by atoms with van der Waals surface area (Å²) in [7, 11) is 0. The largest absolute Gasteiger partial charge is 0.481 e. The van der Waals surface area contributed by atoms with Crippen LogP contribution in [0.5, 0.6) is 5.75 Å². The molecule has 4 rings (SSSR count). The summed E-state index contributed by atoms with van der Waals surface area (Å²) in [5, 5.41) is 3.77. The molecule has 4 aromatic rings. The molecule has 29 heavy (non-hydrogen) atoms. The number of aryl methyl sites for hydroxylation is 1. The number of carbonyl (C=O) groups excluding carboxylic acids is 1. The first-order valence-corrected chi connectivity index (χ1v) is 10.0. The smallest absolute Gasteiger partial charge is 0.265 e. The molecular formula is C23H19FN2O2S. The Labute approximate surface area is 172 Å². The van der Waals surface area contributed by atoms with E-state index >= 15 is 0 Å². The monoisotopic (exact) mass is 406 g/mol. The van der Waals surface area contributed by atoms with Crippen LogP contribution in [0, 0.1) is 12.7 Å². The average molecular weight is 406 g/mol. The van der Waals surface area contributed by atoms with Crippen molar-refractivity contribution in [2.75, 3.05) is 5.32 Å². The van der Waals surface area contributed by atoms with Gasteiger partial charge in [0.05, 0.1) is 10.2 Å². The van der Waals surface area contributed by atoms with Crippen molar-refractivity contribution in [2.24, 2.45) is 0 Å². The van der Waals surface area contributed by atoms with E-state index in [1.807, 2.05) is 30.3 Å². The third-order valence-electron chi connectivity index (χ3n) is 4.44. The zero-order valence-electron chi connectivity index (χ0n) is 16.0. The highest BCUT2D eigenvalue weighted by Gasteiger charge is 2.15. The summed E-state index contributed by atoms with van der Waals surface area (Å²) in [4.78, 5) is 17.0. The zero-order valence-corrected chi connectivity index (χ0v) is 16.8. The van der Waals surface area contributed by atoms with Gasteiger partial charge in [-0.05, 0) is 80.1 Å². The number of hydrogen-bond donors (Lipinski definition) is 1. The molecule has 0 radical (unpaired) electrons. The van der Waals surface area contributed by atoms with E-state index in [1.165, 1.54) is 29.8 Å². The van der Waals surface area contributed by atoms with Gasteiger partial charge in [-0.15, -0.1) is 11.3 Å². The molecule has 0 unspecified atom stereocenters. The van der Waals surface area contributed by atoms with E-state index in [0.29, 0.717) is 11.4 Å². The number of aromatic nitrogens is 1. The number of hydrogen-bond acceptors (Lipinski definition) is 4. The summed E-state index contributed by atoms with van der Waals surface area (Å²) in [6.07, 6.45) is -0.715. The third kappa shape index (κ3) is 4.43. The van der Waals surface area contributed by atoms with Gasteiger partial charge in [0.1, 0.15) is 16.6 Å². The third-order valence-corrected chi connectivity index (χ3v) is 5.51. The van der Waals surface area contributed by atoms with Crippen LogP contribution >= 0.6 is 11.3 Å². The number of amides is 1. The maximum atomic E-state index is 13.0. The molecule has 1 heterocycles. The standard InChI is InChI=1S/C23H19FN2O2S/c1-14-3-12-20-21(13-14)29-23(26-20)16-4-8-18(9-5-16)25-22(27)15(2)28-19-10-6-17(24)7-11-19/h3-13,15H,1-2H3,(H,25,27)/t15-/m1/s1. The van der Waals surface area contributed by atoms with Gasteiger partial charge in [-0.1, -0.05) is 6.07 Å². The van der Waals surface area contributed by atoms with Crippen LogP contribution in [0.2, 0.25) is 0 Å². The Bertz CT molecular complexity index is 1150. The average Bonchev–Trinajstić information content (AvgIpc) is 3.13. The minimum Gasteiger partial charge on any atom is -0.481 e. The Balaban J connectivity index is 1.43. The number of benzene rings is 3. The van der Waals surface area contributed by atoms with Crippen molar-refractivity contribution in [1.29, 1.82) is 0 Å². The number of anilines is 1. The highest BCUT2D eigenvalue weighted by atomic mass is 32.1. The number of halogens is 1. The second-order valence-corrected chi connectivity index (χ2v) is 7.80. The van der Waals surface area contributed by atoms with Crippen LogP contribution in [0.4, 0.5) is 10.1 Å². The Morgan fingerprint density at radius 1 is 1.07 bits per heavy atom. The summed E-state index contributed by atoms with van der Waals surface area (Å²) in [6.45, 7) is 3.72. The number of nitrogens with one attached hydrogen (secondary N) is 1. The molecule has 0 bridgehead atoms. The van der Waals surface area contributed by atoms with Crippen LogP contribution in [0.25, 0.3) is 20.8 Å². The van der Waals surface area contributed by atoms with Crippen molar-refractivity contribution in [3.8, 4) is 16.3 Å². The lowest BCUT2D eigenvalue weighted by atomic mass is 10.2. The van der Waals surface area contributed by atoms with Crippen molar-refractivity contribution in [1.82, 2.24) is 4.98 Å². The van der Waals surface area contributed by atoms with Crippen molar-refractivity contribution in [3.05, 3.63) is 78.1 Å². The molecule has 0 saturated carbocycles. The van der Waals surface area contributed by atoms with Crippen LogP contribution in [-0.2, 0) is 4.79 Å². The second-order valence-electron chi connectivity index (χ2n) is 6.77. The van der Waals surface area contributed by atoms with Gasteiger partial charge in [-0.2, -0.15) is 0 Å². The van der Waals surface area contributed by atoms with Gasteiger partial charge in [0, 0.05) is 11.3 Å². The lowest BCUT2D eigenvalue weighted by Gasteiger charge is -2.14. The Kier molecular flexibility index (Phi) is 5.27. The first-order valence-electron chi connectivity index (χ1n) is 9.19. The van der Waals surface area contributed by atoms with E-state index in [2.05, 4.69) is 29.4 Å². The van der Waals surface area contributed by atoms with Gasteiger partial charge in [0.2, 0.25) is 0 Å². The fourth-order valence-corrected chi connectivity index (χ4v) is 3.94. The first kappa shape index (κ1) is 19.1. The van der Waals surface area contributed by atoms with Crippen LogP contribution < -0.4 is 10.1 Å². The predicted molar refractivity (Wildman–Crippen MR) is 115 cm³/mol. The van der Waals surface area contributed by atoms with Crippen LogP contribution in [0.15, 0.2) is 66.7 Å². The topological polar surface area (TPSA) is 51.2 Å². The molecule has 3 aromatic carbocycles. The quantitative estimate of drug-likeness (QED) is 0.455. The molecule has 1 N–H and O–H groups in total. The lowest BCUT2D eigenvalue weighted by Crippen LogP contribution is -2.30. The number of fused-ring (bicyclic) bond motifs is 1. The second kappa shape index (κ2) is 8.01. The molecular weight excluding hydrogens is 387 g/mol. The van der Waals surface area contributed by atoms with E-state index in [-0.39, 0.29) is 11.7 Å². The SMILES string of the molecule is Cc1ccc2nc(-c3ccc(NC(=O)[C@@H](C)Oc4ccc(F)cc4)cc3)sc2c1. The molecule has 0 aliphatic carbocycles. The zero-order chi connectivity index (χ0) is 20.4. The summed E-state index contributed by atoms with van der Waals surface area (Å²) in [5.74, 6) is -0.189. The molecule has 4 nitrogen and oxygen atoms in total. The van der Waals surface area contributed by atoms with Crippen molar-refractivity contribution in [3.63, 3.8) is 0 Å². The minimum atomic E-state index is -0.715. The number of rotatable bonds is 5. The van der Waals surface area contributed by atoms with Crippen LogP contribution in [0.1, 0.15) is 12.5 Å².